The van der Waals surface area contributed by atoms with Gasteiger partial charge in [0.25, 0.3) is 0 Å². The fraction of sp³-hybridized carbons (Fsp3) is 0.826. The number of urea groups is 4. The van der Waals surface area contributed by atoms with Crippen molar-refractivity contribution in [1.29, 1.82) is 0 Å². The number of epoxide rings is 1. The molecule has 0 radical (unpaired) electrons. The number of aliphatic hydroxyl groups excluding tert-OH is 1. The number of ether oxygens (including phenoxy) is 1. The summed E-state index contributed by atoms with van der Waals surface area (Å²) in [6.07, 6.45) is 3.61. The summed E-state index contributed by atoms with van der Waals surface area (Å²) in [7, 11) is 0. The first-order chi connectivity index (χ1) is 17.3. The Kier molecular flexibility index (Phi) is 16.2. The zero-order valence-corrected chi connectivity index (χ0v) is 21.9. The summed E-state index contributed by atoms with van der Waals surface area (Å²) in [6, 6.07) is -2.05. The molecule has 0 saturated carbocycles. The maximum Gasteiger partial charge on any atom is 0.325 e. The summed E-state index contributed by atoms with van der Waals surface area (Å²) >= 11 is 0. The third-order valence-electron chi connectivity index (χ3n) is 5.44. The number of nitrogens with one attached hydrogen (secondary N) is 5. The standard InChI is InChI=1S/C23H45N7O6/c1-4-25-20(32)29(6-3)22(34)28-14-9-15-30(21(33)26-5-2)23(35)27-13-8-12-24-16-18(31)10-7-11-19-17-36-19/h18-19,24,31H,4-17H2,1-3H3,(H,25,32)(H,26,33)(H,27,35)(H,28,34). The second kappa shape index (κ2) is 18.6. The third kappa shape index (κ3) is 13.4. The molecule has 0 bridgehead atoms. The van der Waals surface area contributed by atoms with Crippen molar-refractivity contribution in [2.45, 2.75) is 65.1 Å². The third-order valence-corrected chi connectivity index (χ3v) is 5.44. The molecule has 0 spiro atoms. The zero-order chi connectivity index (χ0) is 26.8. The molecule has 1 rings (SSSR count). The van der Waals surface area contributed by atoms with E-state index in [1.807, 2.05) is 0 Å². The van der Waals surface area contributed by atoms with Gasteiger partial charge in [-0.15, -0.1) is 0 Å². The van der Waals surface area contributed by atoms with Gasteiger partial charge in [0.05, 0.1) is 18.8 Å². The van der Waals surface area contributed by atoms with E-state index in [0.717, 1.165) is 35.7 Å². The average Bonchev–Trinajstić information content (AvgIpc) is 3.66. The van der Waals surface area contributed by atoms with Crippen LogP contribution in [0.5, 0.6) is 0 Å². The number of nitrogens with zero attached hydrogens (tertiary/aromatic N) is 2. The number of rotatable bonds is 17. The first kappa shape index (κ1) is 31.4. The van der Waals surface area contributed by atoms with Crippen LogP contribution in [0.1, 0.15) is 52.9 Å². The molecule has 1 heterocycles. The number of hydrogen-bond donors (Lipinski definition) is 6. The first-order valence-electron chi connectivity index (χ1n) is 13.0. The zero-order valence-electron chi connectivity index (χ0n) is 21.9. The highest BCUT2D eigenvalue weighted by molar-refractivity contribution is 5.94. The predicted molar refractivity (Wildman–Crippen MR) is 136 cm³/mol. The smallest absolute Gasteiger partial charge is 0.325 e. The van der Waals surface area contributed by atoms with Gasteiger partial charge in [0, 0.05) is 45.8 Å². The van der Waals surface area contributed by atoms with Gasteiger partial charge in [-0.2, -0.15) is 0 Å². The Labute approximate surface area is 214 Å². The minimum atomic E-state index is -0.535. The Morgan fingerprint density at radius 1 is 0.833 bits per heavy atom. The molecule has 1 aliphatic heterocycles. The minimum absolute atomic E-state index is 0.0988. The van der Waals surface area contributed by atoms with Gasteiger partial charge in [0.1, 0.15) is 0 Å². The molecule has 2 unspecified atom stereocenters. The second-order valence-electron chi connectivity index (χ2n) is 8.48. The molecule has 1 fully saturated rings. The van der Waals surface area contributed by atoms with Crippen LogP contribution in [0.2, 0.25) is 0 Å². The highest BCUT2D eigenvalue weighted by atomic mass is 16.6. The van der Waals surface area contributed by atoms with Crippen molar-refractivity contribution in [3.63, 3.8) is 0 Å². The lowest BCUT2D eigenvalue weighted by Crippen LogP contribution is -2.50. The minimum Gasteiger partial charge on any atom is -0.392 e. The predicted octanol–water partition coefficient (Wildman–Crippen LogP) is 0.788. The van der Waals surface area contributed by atoms with Crippen molar-refractivity contribution in [2.75, 3.05) is 59.0 Å². The number of carbonyl (C=O) groups is 4. The fourth-order valence-corrected chi connectivity index (χ4v) is 3.39. The van der Waals surface area contributed by atoms with Crippen LogP contribution in [0.3, 0.4) is 0 Å². The lowest BCUT2D eigenvalue weighted by atomic mass is 10.1. The Bertz CT molecular complexity index is 677. The van der Waals surface area contributed by atoms with Crippen LogP contribution in [0, 0.1) is 0 Å². The molecule has 13 heteroatoms. The van der Waals surface area contributed by atoms with E-state index < -0.39 is 30.2 Å². The molecule has 0 aromatic rings. The van der Waals surface area contributed by atoms with Crippen LogP contribution < -0.4 is 26.6 Å². The van der Waals surface area contributed by atoms with Crippen molar-refractivity contribution in [3.05, 3.63) is 0 Å². The SMILES string of the molecule is CCNC(=O)N(CC)C(=O)NCCCN(C(=O)NCC)C(=O)NCCCNCC(O)CCCC1CO1. The maximum atomic E-state index is 12.6. The van der Waals surface area contributed by atoms with Gasteiger partial charge < -0.3 is 36.4 Å². The first-order valence-corrected chi connectivity index (χ1v) is 13.0. The van der Waals surface area contributed by atoms with Gasteiger partial charge >= 0.3 is 24.1 Å². The number of amides is 8. The Hall–Kier alpha value is -2.64. The van der Waals surface area contributed by atoms with Crippen molar-refractivity contribution >= 4 is 24.1 Å². The van der Waals surface area contributed by atoms with Crippen LogP contribution in [0.25, 0.3) is 0 Å². The van der Waals surface area contributed by atoms with Crippen LogP contribution in [-0.4, -0.2) is 110 Å². The van der Waals surface area contributed by atoms with E-state index in [-0.39, 0.29) is 19.6 Å². The summed E-state index contributed by atoms with van der Waals surface area (Å²) in [5.41, 5.74) is 0. The molecule has 2 atom stereocenters. The van der Waals surface area contributed by atoms with Gasteiger partial charge in [0.2, 0.25) is 0 Å². The Morgan fingerprint density at radius 2 is 1.39 bits per heavy atom. The lowest BCUT2D eigenvalue weighted by Gasteiger charge is -2.22. The molecule has 0 aromatic heterocycles. The Balaban J connectivity index is 2.29. The normalized spacial score (nSPS) is 14.9. The Morgan fingerprint density at radius 3 is 1.97 bits per heavy atom. The topological polar surface area (TPSA) is 168 Å². The molecule has 0 aliphatic carbocycles. The summed E-state index contributed by atoms with van der Waals surface area (Å²) in [5.74, 6) is 0. The molecule has 6 N–H and O–H groups in total. The summed E-state index contributed by atoms with van der Waals surface area (Å²) < 4.78 is 5.15. The molecule has 1 saturated heterocycles. The van der Waals surface area contributed by atoms with Crippen molar-refractivity contribution < 1.29 is 29.0 Å². The molecule has 13 nitrogen and oxygen atoms in total. The number of hydrogen-bond acceptors (Lipinski definition) is 7. The van der Waals surface area contributed by atoms with Gasteiger partial charge in [-0.1, -0.05) is 0 Å². The van der Waals surface area contributed by atoms with Crippen LogP contribution >= 0.6 is 0 Å². The number of imide groups is 2. The van der Waals surface area contributed by atoms with E-state index in [1.54, 1.807) is 20.8 Å². The van der Waals surface area contributed by atoms with E-state index in [4.69, 9.17) is 4.74 Å². The van der Waals surface area contributed by atoms with E-state index in [0.29, 0.717) is 51.7 Å². The number of aliphatic hydroxyl groups is 1. The molecular formula is C23H45N7O6. The largest absolute Gasteiger partial charge is 0.392 e. The quantitative estimate of drug-likeness (QED) is 0.123. The highest BCUT2D eigenvalue weighted by Crippen LogP contribution is 2.17. The van der Waals surface area contributed by atoms with Crippen LogP contribution in [-0.2, 0) is 4.74 Å². The van der Waals surface area contributed by atoms with Gasteiger partial charge in [-0.05, 0) is 59.4 Å². The summed E-state index contributed by atoms with van der Waals surface area (Å²) in [6.45, 7) is 8.82. The van der Waals surface area contributed by atoms with Crippen LogP contribution in [0.4, 0.5) is 19.2 Å². The highest BCUT2D eigenvalue weighted by Gasteiger charge is 2.22. The van der Waals surface area contributed by atoms with Gasteiger partial charge in [0.15, 0.2) is 0 Å². The lowest BCUT2D eigenvalue weighted by molar-refractivity contribution is 0.157. The molecule has 8 amide bonds. The van der Waals surface area contributed by atoms with E-state index in [1.165, 1.54) is 0 Å². The van der Waals surface area contributed by atoms with Gasteiger partial charge in [-0.25, -0.2) is 29.0 Å². The summed E-state index contributed by atoms with van der Waals surface area (Å²) in [5, 5.41) is 23.7. The van der Waals surface area contributed by atoms with E-state index >= 15 is 0 Å². The molecule has 0 aromatic carbocycles. The van der Waals surface area contributed by atoms with E-state index in [2.05, 4.69) is 26.6 Å². The van der Waals surface area contributed by atoms with Crippen molar-refractivity contribution in [1.82, 2.24) is 36.4 Å². The van der Waals surface area contributed by atoms with Crippen LogP contribution in [0.15, 0.2) is 0 Å². The molecule has 36 heavy (non-hydrogen) atoms. The van der Waals surface area contributed by atoms with Crippen molar-refractivity contribution in [2.24, 2.45) is 0 Å². The molecular weight excluding hydrogens is 470 g/mol. The summed E-state index contributed by atoms with van der Waals surface area (Å²) in [4.78, 5) is 51.1. The van der Waals surface area contributed by atoms with Crippen molar-refractivity contribution in [3.8, 4) is 0 Å². The maximum absolute atomic E-state index is 12.6. The molecule has 1 aliphatic rings. The van der Waals surface area contributed by atoms with E-state index in [9.17, 15) is 24.3 Å². The molecule has 208 valence electrons. The fourth-order valence-electron chi connectivity index (χ4n) is 3.39. The monoisotopic (exact) mass is 515 g/mol. The second-order valence-corrected chi connectivity index (χ2v) is 8.48. The number of carbonyl (C=O) groups excluding carboxylic acids is 4. The average molecular weight is 516 g/mol. The van der Waals surface area contributed by atoms with Gasteiger partial charge in [-0.3, -0.25) is 0 Å².